The zero-order chi connectivity index (χ0) is 13.2. The second kappa shape index (κ2) is 4.73. The molecule has 6 heteroatoms. The predicted molar refractivity (Wildman–Crippen MR) is 68.5 cm³/mol. The average molecular weight is 247 g/mol. The van der Waals surface area contributed by atoms with Gasteiger partial charge >= 0.3 is 0 Å². The van der Waals surface area contributed by atoms with Crippen LogP contribution in [0, 0.1) is 0 Å². The van der Waals surface area contributed by atoms with E-state index in [2.05, 4.69) is 20.4 Å². The normalized spacial score (nSPS) is 13.3. The second-order valence-corrected chi connectivity index (χ2v) is 4.73. The molecule has 0 bridgehead atoms. The molecule has 6 nitrogen and oxygen atoms in total. The van der Waals surface area contributed by atoms with E-state index in [4.69, 9.17) is 0 Å². The molecule has 0 aromatic carbocycles. The largest absolute Gasteiger partial charge is 0.388 e. The first-order valence-electron chi connectivity index (χ1n) is 5.77. The molecule has 18 heavy (non-hydrogen) atoms. The van der Waals surface area contributed by atoms with E-state index in [1.807, 2.05) is 19.1 Å². The van der Waals surface area contributed by atoms with Gasteiger partial charge in [0.25, 0.3) is 0 Å². The molecule has 0 spiro atoms. The molecule has 0 radical (unpaired) electrons. The Labute approximate surface area is 106 Å². The number of pyridine rings is 1. The van der Waals surface area contributed by atoms with Crippen molar-refractivity contribution in [3.8, 4) is 5.82 Å². The zero-order valence-corrected chi connectivity index (χ0v) is 10.7. The maximum absolute atomic E-state index is 9.95. The third kappa shape index (κ3) is 2.65. The fourth-order valence-electron chi connectivity index (χ4n) is 1.42. The van der Waals surface area contributed by atoms with Crippen LogP contribution in [0.25, 0.3) is 5.82 Å². The smallest absolute Gasteiger partial charge is 0.178 e. The topological polar surface area (TPSA) is 75.9 Å². The summed E-state index contributed by atoms with van der Waals surface area (Å²) in [5.41, 5.74) is -0.0206. The summed E-state index contributed by atoms with van der Waals surface area (Å²) in [4.78, 5) is 8.17. The molecule has 2 N–H and O–H groups in total. The highest BCUT2D eigenvalue weighted by molar-refractivity contribution is 5.56. The molecule has 1 unspecified atom stereocenters. The van der Waals surface area contributed by atoms with Gasteiger partial charge in [-0.15, -0.1) is 0 Å². The van der Waals surface area contributed by atoms with Crippen molar-refractivity contribution in [2.75, 3.05) is 5.32 Å². The minimum atomic E-state index is -0.824. The lowest BCUT2D eigenvalue weighted by atomic mass is 10.0. The highest BCUT2D eigenvalue weighted by atomic mass is 16.3. The molecule has 2 heterocycles. The maximum atomic E-state index is 9.95. The van der Waals surface area contributed by atoms with E-state index in [9.17, 15) is 5.11 Å². The van der Waals surface area contributed by atoms with E-state index in [1.165, 1.54) is 6.33 Å². The van der Waals surface area contributed by atoms with Crippen molar-refractivity contribution in [3.05, 3.63) is 31.0 Å². The first-order chi connectivity index (χ1) is 8.48. The third-order valence-corrected chi connectivity index (χ3v) is 2.85. The highest BCUT2D eigenvalue weighted by Crippen LogP contribution is 2.20. The fraction of sp³-hybridized carbons (Fsp3) is 0.417. The molecule has 0 amide bonds. The molecule has 0 aliphatic heterocycles. The van der Waals surface area contributed by atoms with Gasteiger partial charge < -0.3 is 10.4 Å². The van der Waals surface area contributed by atoms with Crippen LogP contribution in [0.2, 0.25) is 0 Å². The first kappa shape index (κ1) is 12.5. The lowest BCUT2D eigenvalue weighted by Gasteiger charge is -2.28. The van der Waals surface area contributed by atoms with Gasteiger partial charge in [-0.2, -0.15) is 5.10 Å². The molecule has 2 aromatic heterocycles. The van der Waals surface area contributed by atoms with Gasteiger partial charge in [-0.3, -0.25) is 0 Å². The van der Waals surface area contributed by atoms with Crippen molar-refractivity contribution in [1.29, 1.82) is 0 Å². The van der Waals surface area contributed by atoms with Crippen molar-refractivity contribution < 1.29 is 5.11 Å². The van der Waals surface area contributed by atoms with E-state index in [0.29, 0.717) is 5.82 Å². The average Bonchev–Trinajstić information content (AvgIpc) is 2.82. The van der Waals surface area contributed by atoms with Gasteiger partial charge in [0.15, 0.2) is 5.82 Å². The number of nitrogens with one attached hydrogen (secondary N) is 1. The van der Waals surface area contributed by atoms with Gasteiger partial charge in [0.05, 0.1) is 17.3 Å². The van der Waals surface area contributed by atoms with Crippen LogP contribution >= 0.6 is 0 Å². The number of rotatable bonds is 4. The molecule has 0 saturated heterocycles. The molecule has 2 rings (SSSR count). The molecule has 2 aromatic rings. The summed E-state index contributed by atoms with van der Waals surface area (Å²) in [6.07, 6.45) is 4.73. The maximum Gasteiger partial charge on any atom is 0.178 e. The summed E-state index contributed by atoms with van der Waals surface area (Å²) in [5, 5.41) is 17.2. The van der Waals surface area contributed by atoms with Gasteiger partial charge in [0.2, 0.25) is 0 Å². The Hall–Kier alpha value is -1.95. The van der Waals surface area contributed by atoms with Gasteiger partial charge in [-0.05, 0) is 32.9 Å². The molecular formula is C12H17N5O. The van der Waals surface area contributed by atoms with Crippen LogP contribution < -0.4 is 5.32 Å². The minimum absolute atomic E-state index is 0.121. The van der Waals surface area contributed by atoms with Crippen LogP contribution in [0.15, 0.2) is 31.0 Å². The molecular weight excluding hydrogens is 230 g/mol. The van der Waals surface area contributed by atoms with Crippen molar-refractivity contribution in [2.24, 2.45) is 0 Å². The van der Waals surface area contributed by atoms with Crippen molar-refractivity contribution in [3.63, 3.8) is 0 Å². The predicted octanol–water partition coefficient (Wildman–Crippen LogP) is 1.23. The Morgan fingerprint density at radius 1 is 1.44 bits per heavy atom. The summed E-state index contributed by atoms with van der Waals surface area (Å²) in [7, 11) is 0. The van der Waals surface area contributed by atoms with Crippen LogP contribution in [-0.2, 0) is 0 Å². The monoisotopic (exact) mass is 247 g/mol. The van der Waals surface area contributed by atoms with Gasteiger partial charge in [-0.25, -0.2) is 14.6 Å². The zero-order valence-electron chi connectivity index (χ0n) is 10.7. The lowest BCUT2D eigenvalue weighted by Crippen LogP contribution is -2.39. The van der Waals surface area contributed by atoms with E-state index in [0.717, 1.165) is 5.69 Å². The fourth-order valence-corrected chi connectivity index (χ4v) is 1.42. The summed E-state index contributed by atoms with van der Waals surface area (Å²) >= 11 is 0. The number of nitrogens with zero attached hydrogens (tertiary/aromatic N) is 4. The molecule has 1 atom stereocenters. The number of hydrogen-bond donors (Lipinski definition) is 2. The lowest BCUT2D eigenvalue weighted by molar-refractivity contribution is 0.0649. The number of aromatic nitrogens is 4. The Kier molecular flexibility index (Phi) is 3.29. The number of anilines is 1. The first-order valence-corrected chi connectivity index (χ1v) is 5.77. The second-order valence-electron chi connectivity index (χ2n) is 4.73. The van der Waals surface area contributed by atoms with Crippen LogP contribution in [-0.4, -0.2) is 36.5 Å². The van der Waals surface area contributed by atoms with E-state index in [-0.39, 0.29) is 6.04 Å². The molecule has 0 saturated carbocycles. The van der Waals surface area contributed by atoms with E-state index >= 15 is 0 Å². The van der Waals surface area contributed by atoms with Crippen molar-refractivity contribution in [1.82, 2.24) is 19.7 Å². The SMILES string of the molecule is CC(Nc1cccnc1-n1cncn1)C(C)(C)O. The Morgan fingerprint density at radius 2 is 2.22 bits per heavy atom. The highest BCUT2D eigenvalue weighted by Gasteiger charge is 2.23. The quantitative estimate of drug-likeness (QED) is 0.850. The molecule has 0 aliphatic carbocycles. The Balaban J connectivity index is 2.29. The molecule has 0 fully saturated rings. The summed E-state index contributed by atoms with van der Waals surface area (Å²) in [6, 6.07) is 3.61. The Morgan fingerprint density at radius 3 is 2.83 bits per heavy atom. The summed E-state index contributed by atoms with van der Waals surface area (Å²) in [6.45, 7) is 5.43. The third-order valence-electron chi connectivity index (χ3n) is 2.85. The van der Waals surface area contributed by atoms with Gasteiger partial charge in [0.1, 0.15) is 12.7 Å². The van der Waals surface area contributed by atoms with Crippen LogP contribution in [0.4, 0.5) is 5.69 Å². The number of aliphatic hydroxyl groups is 1. The van der Waals surface area contributed by atoms with Crippen LogP contribution in [0.1, 0.15) is 20.8 Å². The minimum Gasteiger partial charge on any atom is -0.388 e. The Bertz CT molecular complexity index is 503. The standard InChI is InChI=1S/C12H17N5O/c1-9(12(2,3)18)16-10-5-4-6-14-11(10)17-8-13-7-15-17/h4-9,16,18H,1-3H3. The summed E-state index contributed by atoms with van der Waals surface area (Å²) < 4.78 is 1.58. The van der Waals surface area contributed by atoms with Crippen molar-refractivity contribution >= 4 is 5.69 Å². The number of hydrogen-bond acceptors (Lipinski definition) is 5. The van der Waals surface area contributed by atoms with Gasteiger partial charge in [0, 0.05) is 6.20 Å². The van der Waals surface area contributed by atoms with E-state index in [1.54, 1.807) is 31.1 Å². The summed E-state index contributed by atoms with van der Waals surface area (Å²) in [5.74, 6) is 0.658. The van der Waals surface area contributed by atoms with Crippen LogP contribution in [0.5, 0.6) is 0 Å². The molecule has 0 aliphatic rings. The van der Waals surface area contributed by atoms with E-state index < -0.39 is 5.60 Å². The van der Waals surface area contributed by atoms with Gasteiger partial charge in [-0.1, -0.05) is 0 Å². The van der Waals surface area contributed by atoms with Crippen molar-refractivity contribution in [2.45, 2.75) is 32.4 Å². The molecule has 96 valence electrons. The van der Waals surface area contributed by atoms with Crippen LogP contribution in [0.3, 0.4) is 0 Å².